The Kier molecular flexibility index (Phi) is 12.2. The van der Waals surface area contributed by atoms with Crippen molar-refractivity contribution in [2.45, 2.75) is 58.4 Å². The van der Waals surface area contributed by atoms with E-state index in [1.54, 1.807) is 0 Å². The maximum Gasteiger partial charge on any atom is 0.315 e. The summed E-state index contributed by atoms with van der Waals surface area (Å²) in [5, 5.41) is 29.4. The molecule has 0 heterocycles. The van der Waals surface area contributed by atoms with Crippen LogP contribution in [0.2, 0.25) is 0 Å². The molecule has 6 N–H and O–H groups in total. The highest BCUT2D eigenvalue weighted by molar-refractivity contribution is 5.76. The topological polar surface area (TPSA) is 140 Å². The third kappa shape index (κ3) is 12.8. The zero-order valence-electron chi connectivity index (χ0n) is 18.2. The summed E-state index contributed by atoms with van der Waals surface area (Å²) in [7, 11) is 0. The maximum atomic E-state index is 11.8. The fourth-order valence-electron chi connectivity index (χ4n) is 2.86. The summed E-state index contributed by atoms with van der Waals surface area (Å²) in [5.74, 6) is -1.09. The number of hydrogen-bond acceptors (Lipinski definition) is 5. The van der Waals surface area contributed by atoms with E-state index in [2.05, 4.69) is 34.3 Å². The number of hydrogen-bond donors (Lipinski definition) is 6. The number of unbranched alkanes of at least 4 members (excludes halogenated alkanes) is 1. The molecule has 0 aliphatic carbocycles. The molecule has 9 nitrogen and oxygen atoms in total. The molecule has 0 radical (unpaired) electrons. The number of carbonyl (C=O) groups is 3. The van der Waals surface area contributed by atoms with Crippen LogP contribution in [0.3, 0.4) is 0 Å². The Balaban J connectivity index is 2.39. The number of anilines is 1. The Morgan fingerprint density at radius 3 is 2.32 bits per heavy atom. The van der Waals surface area contributed by atoms with Gasteiger partial charge in [-0.05, 0) is 50.8 Å². The number of benzene rings is 1. The first-order chi connectivity index (χ1) is 14.8. The van der Waals surface area contributed by atoms with Crippen LogP contribution >= 0.6 is 0 Å². The molecule has 1 aromatic carbocycles. The summed E-state index contributed by atoms with van der Waals surface area (Å²) in [6.07, 6.45) is 4.61. The molecule has 0 aliphatic heterocycles. The van der Waals surface area contributed by atoms with E-state index in [-0.39, 0.29) is 19.4 Å². The molecular formula is C22H34N4O5. The Labute approximate surface area is 183 Å². The molecule has 0 fully saturated rings. The Morgan fingerprint density at radius 1 is 1.00 bits per heavy atom. The lowest BCUT2D eigenvalue weighted by Crippen LogP contribution is -2.43. The number of amides is 2. The van der Waals surface area contributed by atoms with Gasteiger partial charge >= 0.3 is 18.0 Å². The highest BCUT2D eigenvalue weighted by atomic mass is 16.4. The van der Waals surface area contributed by atoms with Gasteiger partial charge in [-0.2, -0.15) is 0 Å². The number of rotatable bonds is 15. The van der Waals surface area contributed by atoms with Crippen molar-refractivity contribution in [1.29, 1.82) is 0 Å². The smallest absolute Gasteiger partial charge is 0.315 e. The van der Waals surface area contributed by atoms with Crippen molar-refractivity contribution in [1.82, 2.24) is 16.0 Å². The molecule has 1 unspecified atom stereocenters. The standard InChI is InChI=1S/C22H34N4O5/c1-3-6-19(25-17-10-8-16(2)9-11-17)23-13-5-4-7-18(15-21(29)30)26-22(31)24-14-12-20(27)28/h6,8-11,18,23,25H,3-5,7,12-15H2,1-2H3,(H,27,28)(H,29,30)(H2,24,26,31)/b19-6+. The first-order valence-electron chi connectivity index (χ1n) is 10.6. The van der Waals surface area contributed by atoms with Gasteiger partial charge in [-0.3, -0.25) is 9.59 Å². The fourth-order valence-corrected chi connectivity index (χ4v) is 2.86. The van der Waals surface area contributed by atoms with Gasteiger partial charge in [0.25, 0.3) is 0 Å². The van der Waals surface area contributed by atoms with Crippen molar-refractivity contribution in [3.05, 3.63) is 41.7 Å². The van der Waals surface area contributed by atoms with E-state index < -0.39 is 24.0 Å². The van der Waals surface area contributed by atoms with Crippen molar-refractivity contribution in [3.8, 4) is 0 Å². The highest BCUT2D eigenvalue weighted by Crippen LogP contribution is 2.11. The summed E-state index contributed by atoms with van der Waals surface area (Å²) >= 11 is 0. The summed E-state index contributed by atoms with van der Waals surface area (Å²) < 4.78 is 0. The monoisotopic (exact) mass is 434 g/mol. The minimum absolute atomic E-state index is 0.00853. The van der Waals surface area contributed by atoms with E-state index in [1.807, 2.05) is 31.2 Å². The van der Waals surface area contributed by atoms with Crippen LogP contribution in [0.15, 0.2) is 36.2 Å². The molecule has 1 aromatic rings. The zero-order chi connectivity index (χ0) is 23.1. The van der Waals surface area contributed by atoms with Crippen molar-refractivity contribution >= 4 is 23.7 Å². The van der Waals surface area contributed by atoms with Crippen LogP contribution in [0.1, 0.15) is 51.0 Å². The van der Waals surface area contributed by atoms with Crippen molar-refractivity contribution in [3.63, 3.8) is 0 Å². The second-order valence-corrected chi connectivity index (χ2v) is 7.28. The van der Waals surface area contributed by atoms with Crippen molar-refractivity contribution < 1.29 is 24.6 Å². The predicted octanol–water partition coefficient (Wildman–Crippen LogP) is 3.04. The van der Waals surface area contributed by atoms with E-state index in [0.29, 0.717) is 13.0 Å². The molecule has 0 spiro atoms. The average molecular weight is 435 g/mol. The molecule has 31 heavy (non-hydrogen) atoms. The van der Waals surface area contributed by atoms with Crippen LogP contribution in [-0.2, 0) is 9.59 Å². The average Bonchev–Trinajstić information content (AvgIpc) is 2.68. The number of nitrogens with one attached hydrogen (secondary N) is 4. The normalized spacial score (nSPS) is 12.0. The summed E-state index contributed by atoms with van der Waals surface area (Å²) in [6, 6.07) is 7.05. The molecule has 172 valence electrons. The summed E-state index contributed by atoms with van der Waals surface area (Å²) in [5.41, 5.74) is 2.19. The number of carboxylic acid groups (broad SMARTS) is 2. The van der Waals surface area contributed by atoms with E-state index in [0.717, 1.165) is 30.8 Å². The largest absolute Gasteiger partial charge is 0.481 e. The summed E-state index contributed by atoms with van der Waals surface area (Å²) in [4.78, 5) is 33.4. The molecule has 0 saturated heterocycles. The molecule has 0 aliphatic rings. The first-order valence-corrected chi connectivity index (χ1v) is 10.6. The minimum atomic E-state index is -1.01. The highest BCUT2D eigenvalue weighted by Gasteiger charge is 2.15. The molecule has 2 amide bonds. The first kappa shape index (κ1) is 25.8. The quantitative estimate of drug-likeness (QED) is 0.233. The third-order valence-corrected chi connectivity index (χ3v) is 4.41. The molecule has 9 heteroatoms. The minimum Gasteiger partial charge on any atom is -0.481 e. The van der Waals surface area contributed by atoms with Crippen LogP contribution in [0.5, 0.6) is 0 Å². The Morgan fingerprint density at radius 2 is 1.71 bits per heavy atom. The number of aliphatic carboxylic acids is 2. The second kappa shape index (κ2) is 14.7. The number of carboxylic acids is 2. The SMILES string of the molecule is CC/C=C(\NCCCCC(CC(=O)O)NC(=O)NCCC(=O)O)Nc1ccc(C)cc1. The van der Waals surface area contributed by atoms with Crippen molar-refractivity contribution in [2.24, 2.45) is 0 Å². The second-order valence-electron chi connectivity index (χ2n) is 7.28. The Hall–Kier alpha value is -3.23. The van der Waals surface area contributed by atoms with E-state index >= 15 is 0 Å². The van der Waals surface area contributed by atoms with Gasteiger partial charge in [0.2, 0.25) is 0 Å². The lowest BCUT2D eigenvalue weighted by molar-refractivity contribution is -0.138. The molecule has 1 rings (SSSR count). The lowest BCUT2D eigenvalue weighted by Gasteiger charge is -2.18. The van der Waals surface area contributed by atoms with Crippen LogP contribution in [-0.4, -0.2) is 47.3 Å². The summed E-state index contributed by atoms with van der Waals surface area (Å²) in [6.45, 7) is 4.79. The number of aryl methyl sites for hydroxylation is 1. The zero-order valence-corrected chi connectivity index (χ0v) is 18.2. The Bertz CT molecular complexity index is 734. The van der Waals surface area contributed by atoms with Crippen LogP contribution < -0.4 is 21.3 Å². The van der Waals surface area contributed by atoms with Crippen LogP contribution in [0, 0.1) is 6.92 Å². The molecule has 0 saturated carbocycles. The van der Waals surface area contributed by atoms with E-state index in [4.69, 9.17) is 10.2 Å². The van der Waals surface area contributed by atoms with Crippen LogP contribution in [0.4, 0.5) is 10.5 Å². The van der Waals surface area contributed by atoms with Crippen molar-refractivity contribution in [2.75, 3.05) is 18.4 Å². The molecular weight excluding hydrogens is 400 g/mol. The molecule has 0 bridgehead atoms. The van der Waals surface area contributed by atoms with Gasteiger partial charge in [0, 0.05) is 24.8 Å². The number of allylic oxidation sites excluding steroid dienone is 1. The van der Waals surface area contributed by atoms with Gasteiger partial charge in [-0.25, -0.2) is 4.79 Å². The molecule has 0 aromatic heterocycles. The number of carbonyl (C=O) groups excluding carboxylic acids is 1. The third-order valence-electron chi connectivity index (χ3n) is 4.41. The predicted molar refractivity (Wildman–Crippen MR) is 120 cm³/mol. The number of urea groups is 1. The lowest BCUT2D eigenvalue weighted by atomic mass is 10.1. The fraction of sp³-hybridized carbons (Fsp3) is 0.500. The maximum absolute atomic E-state index is 11.8. The van der Waals surface area contributed by atoms with Gasteiger partial charge in [-0.15, -0.1) is 0 Å². The van der Waals surface area contributed by atoms with Gasteiger partial charge < -0.3 is 31.5 Å². The van der Waals surface area contributed by atoms with Gasteiger partial charge in [0.05, 0.1) is 18.7 Å². The van der Waals surface area contributed by atoms with E-state index in [9.17, 15) is 14.4 Å². The molecule has 1 atom stereocenters. The van der Waals surface area contributed by atoms with Gasteiger partial charge in [0.15, 0.2) is 0 Å². The van der Waals surface area contributed by atoms with Crippen LogP contribution in [0.25, 0.3) is 0 Å². The van der Waals surface area contributed by atoms with Gasteiger partial charge in [-0.1, -0.05) is 24.6 Å². The van der Waals surface area contributed by atoms with Gasteiger partial charge in [0.1, 0.15) is 0 Å². The van der Waals surface area contributed by atoms with E-state index in [1.165, 1.54) is 5.56 Å².